The van der Waals surface area contributed by atoms with Gasteiger partial charge < -0.3 is 18.6 Å². The minimum atomic E-state index is -0.444. The Morgan fingerprint density at radius 2 is 2.23 bits per heavy atom. The Morgan fingerprint density at radius 3 is 2.95 bits per heavy atom. The average Bonchev–Trinajstić information content (AvgIpc) is 3.09. The molecule has 0 radical (unpaired) electrons. The molecule has 2 aromatic rings. The van der Waals surface area contributed by atoms with E-state index in [0.29, 0.717) is 30.0 Å². The molecule has 22 heavy (non-hydrogen) atoms. The Balaban J connectivity index is 1.92. The number of anilines is 1. The van der Waals surface area contributed by atoms with Crippen molar-refractivity contribution in [3.8, 4) is 0 Å². The Morgan fingerprint density at radius 1 is 1.41 bits per heavy atom. The molecule has 1 aromatic carbocycles. The number of hydrogen-bond acceptors (Lipinski definition) is 6. The largest absolute Gasteiger partial charge is 0.465 e. The van der Waals surface area contributed by atoms with Crippen molar-refractivity contribution < 1.29 is 28.2 Å². The van der Waals surface area contributed by atoms with Gasteiger partial charge >= 0.3 is 12.1 Å². The molecule has 7 nitrogen and oxygen atoms in total. The number of ether oxygens (including phenoxy) is 3. The van der Waals surface area contributed by atoms with Crippen molar-refractivity contribution in [2.24, 2.45) is 0 Å². The van der Waals surface area contributed by atoms with Gasteiger partial charge in [-0.05, 0) is 18.2 Å². The van der Waals surface area contributed by atoms with Crippen LogP contribution in [0.2, 0.25) is 0 Å². The van der Waals surface area contributed by atoms with E-state index in [0.717, 1.165) is 5.39 Å². The maximum atomic E-state index is 12.0. The van der Waals surface area contributed by atoms with Gasteiger partial charge in [0.05, 0.1) is 31.5 Å². The van der Waals surface area contributed by atoms with Crippen LogP contribution in [0.5, 0.6) is 0 Å². The molecular formula is C15H15NO6. The molecular weight excluding hydrogens is 290 g/mol. The van der Waals surface area contributed by atoms with Crippen LogP contribution in [0.25, 0.3) is 11.0 Å². The highest BCUT2D eigenvalue weighted by atomic mass is 16.6. The van der Waals surface area contributed by atoms with E-state index >= 15 is 0 Å². The smallest absolute Gasteiger partial charge is 0.414 e. The third kappa shape index (κ3) is 2.39. The van der Waals surface area contributed by atoms with Crippen molar-refractivity contribution in [3.63, 3.8) is 0 Å². The summed E-state index contributed by atoms with van der Waals surface area (Å²) in [6.07, 6.45) is 0.723. The molecule has 7 heteroatoms. The van der Waals surface area contributed by atoms with E-state index < -0.39 is 12.1 Å². The van der Waals surface area contributed by atoms with Crippen LogP contribution in [0, 0.1) is 0 Å². The van der Waals surface area contributed by atoms with Gasteiger partial charge in [-0.3, -0.25) is 4.90 Å². The molecule has 2 heterocycles. The normalized spacial score (nSPS) is 17.8. The van der Waals surface area contributed by atoms with Crippen LogP contribution in [0.15, 0.2) is 28.9 Å². The summed E-state index contributed by atoms with van der Waals surface area (Å²) in [6, 6.07) is 4.93. The molecule has 1 amide bonds. The number of amides is 1. The first-order chi connectivity index (χ1) is 10.6. The third-order valence-electron chi connectivity index (χ3n) is 3.49. The van der Waals surface area contributed by atoms with Gasteiger partial charge in [0.1, 0.15) is 18.0 Å². The van der Waals surface area contributed by atoms with E-state index in [1.165, 1.54) is 18.3 Å². The van der Waals surface area contributed by atoms with Gasteiger partial charge in [0.15, 0.2) is 0 Å². The Labute approximate surface area is 126 Å². The van der Waals surface area contributed by atoms with Crippen LogP contribution in [0.3, 0.4) is 0 Å². The molecule has 1 fully saturated rings. The average molecular weight is 305 g/mol. The highest BCUT2D eigenvalue weighted by molar-refractivity contribution is 6.03. The van der Waals surface area contributed by atoms with E-state index in [2.05, 4.69) is 4.74 Å². The van der Waals surface area contributed by atoms with Gasteiger partial charge in [-0.25, -0.2) is 9.59 Å². The van der Waals surface area contributed by atoms with Crippen molar-refractivity contribution in [3.05, 3.63) is 30.0 Å². The number of carbonyl (C=O) groups excluding carboxylic acids is 2. The molecule has 1 saturated heterocycles. The van der Waals surface area contributed by atoms with Crippen molar-refractivity contribution in [1.82, 2.24) is 0 Å². The van der Waals surface area contributed by atoms with Crippen molar-refractivity contribution in [2.75, 3.05) is 32.3 Å². The minimum absolute atomic E-state index is 0.309. The number of rotatable bonds is 4. The lowest BCUT2D eigenvalue weighted by Gasteiger charge is -2.10. The molecule has 0 unspecified atom stereocenters. The summed E-state index contributed by atoms with van der Waals surface area (Å²) in [5.74, 6) is -0.444. The highest BCUT2D eigenvalue weighted by Gasteiger charge is 2.34. The van der Waals surface area contributed by atoms with Gasteiger partial charge in [0.2, 0.25) is 0 Å². The monoisotopic (exact) mass is 305 g/mol. The molecule has 1 aliphatic heterocycles. The van der Waals surface area contributed by atoms with Gasteiger partial charge in [-0.1, -0.05) is 0 Å². The lowest BCUT2D eigenvalue weighted by molar-refractivity contribution is 0.0600. The molecule has 0 aliphatic carbocycles. The number of nitrogens with zero attached hydrogens (tertiary/aromatic N) is 1. The fourth-order valence-electron chi connectivity index (χ4n) is 2.46. The number of furan rings is 1. The van der Waals surface area contributed by atoms with Crippen molar-refractivity contribution in [2.45, 2.75) is 6.10 Å². The summed E-state index contributed by atoms with van der Waals surface area (Å²) in [5, 5.41) is 0.725. The highest BCUT2D eigenvalue weighted by Crippen LogP contribution is 2.32. The third-order valence-corrected chi connectivity index (χ3v) is 3.49. The first-order valence-corrected chi connectivity index (χ1v) is 6.70. The predicted molar refractivity (Wildman–Crippen MR) is 77.0 cm³/mol. The van der Waals surface area contributed by atoms with E-state index in [1.807, 2.05) is 0 Å². The van der Waals surface area contributed by atoms with Crippen LogP contribution >= 0.6 is 0 Å². The zero-order chi connectivity index (χ0) is 15.7. The van der Waals surface area contributed by atoms with Gasteiger partial charge in [0, 0.05) is 12.5 Å². The summed E-state index contributed by atoms with van der Waals surface area (Å²) in [4.78, 5) is 25.0. The summed E-state index contributed by atoms with van der Waals surface area (Å²) >= 11 is 0. The summed E-state index contributed by atoms with van der Waals surface area (Å²) in [6.45, 7) is 0.727. The number of benzene rings is 1. The first kappa shape index (κ1) is 14.4. The second-order valence-corrected chi connectivity index (χ2v) is 4.90. The van der Waals surface area contributed by atoms with Crippen LogP contribution in [-0.2, 0) is 14.2 Å². The number of cyclic esters (lactones) is 1. The van der Waals surface area contributed by atoms with Gasteiger partial charge in [0.25, 0.3) is 0 Å². The molecule has 1 atom stereocenters. The molecule has 1 aliphatic rings. The van der Waals surface area contributed by atoms with Crippen LogP contribution in [0.4, 0.5) is 10.5 Å². The van der Waals surface area contributed by atoms with Crippen LogP contribution in [0.1, 0.15) is 10.4 Å². The molecule has 0 spiro atoms. The van der Waals surface area contributed by atoms with Crippen molar-refractivity contribution >= 4 is 28.7 Å². The molecule has 116 valence electrons. The fourth-order valence-corrected chi connectivity index (χ4v) is 2.46. The molecule has 0 saturated carbocycles. The zero-order valence-corrected chi connectivity index (χ0v) is 12.2. The SMILES string of the molecule is COC[C@H]1CN(c2coc3cc(C(=O)OC)ccc23)C(=O)O1. The number of hydrogen-bond donors (Lipinski definition) is 0. The second-order valence-electron chi connectivity index (χ2n) is 4.90. The molecule has 0 bridgehead atoms. The van der Waals surface area contributed by atoms with Crippen LogP contribution < -0.4 is 4.90 Å². The molecule has 3 rings (SSSR count). The Hall–Kier alpha value is -2.54. The lowest BCUT2D eigenvalue weighted by Crippen LogP contribution is -2.25. The fraction of sp³-hybridized carbons (Fsp3) is 0.333. The van der Waals surface area contributed by atoms with E-state index in [-0.39, 0.29) is 6.10 Å². The minimum Gasteiger partial charge on any atom is -0.465 e. The Bertz CT molecular complexity index is 722. The van der Waals surface area contributed by atoms with Gasteiger partial charge in [-0.2, -0.15) is 0 Å². The quantitative estimate of drug-likeness (QED) is 0.806. The Kier molecular flexibility index (Phi) is 3.72. The van der Waals surface area contributed by atoms with Crippen LogP contribution in [-0.4, -0.2) is 45.5 Å². The summed E-state index contributed by atoms with van der Waals surface area (Å²) in [5.41, 5.74) is 1.49. The second kappa shape index (κ2) is 5.69. The van der Waals surface area contributed by atoms with E-state index in [4.69, 9.17) is 13.9 Å². The number of fused-ring (bicyclic) bond motifs is 1. The molecule has 1 aromatic heterocycles. The number of methoxy groups -OCH3 is 2. The molecule has 0 N–H and O–H groups in total. The van der Waals surface area contributed by atoms with Crippen molar-refractivity contribution in [1.29, 1.82) is 0 Å². The standard InChI is InChI=1S/C15H15NO6/c1-19-7-10-6-16(15(18)22-10)12-8-21-13-5-9(14(17)20-2)3-4-11(12)13/h3-5,8,10H,6-7H2,1-2H3/t10-/m1/s1. The maximum Gasteiger partial charge on any atom is 0.414 e. The van der Waals surface area contributed by atoms with E-state index in [9.17, 15) is 9.59 Å². The summed E-state index contributed by atoms with van der Waals surface area (Å²) < 4.78 is 20.3. The van der Waals surface area contributed by atoms with Gasteiger partial charge in [-0.15, -0.1) is 0 Å². The lowest BCUT2D eigenvalue weighted by atomic mass is 10.1. The topological polar surface area (TPSA) is 78.2 Å². The predicted octanol–water partition coefficient (Wildman–Crippen LogP) is 2.19. The first-order valence-electron chi connectivity index (χ1n) is 6.70. The maximum absolute atomic E-state index is 12.0. The number of esters is 1. The summed E-state index contributed by atoms with van der Waals surface area (Å²) in [7, 11) is 2.87. The number of carbonyl (C=O) groups is 2. The van der Waals surface area contributed by atoms with E-state index in [1.54, 1.807) is 25.3 Å². The zero-order valence-electron chi connectivity index (χ0n) is 12.2.